The van der Waals surface area contributed by atoms with Gasteiger partial charge >= 0.3 is 6.09 Å². The quantitative estimate of drug-likeness (QED) is 0.682. The standard InChI is InChI=1S/C17H31N3O4/c1-4-6-10-18-16(22)9-13-20(14(3)21)15-7-11-19(12-8-15)17(23)24-5-2/h15H,4-13H2,1-3H3,(H,18,22). The molecule has 138 valence electrons. The summed E-state index contributed by atoms with van der Waals surface area (Å²) in [5.74, 6) is -0.0374. The van der Waals surface area contributed by atoms with E-state index in [1.54, 1.807) is 16.7 Å². The summed E-state index contributed by atoms with van der Waals surface area (Å²) in [4.78, 5) is 38.9. The summed E-state index contributed by atoms with van der Waals surface area (Å²) in [6.45, 7) is 8.04. The molecule has 1 fully saturated rings. The zero-order valence-electron chi connectivity index (χ0n) is 15.2. The SMILES string of the molecule is CCCCNC(=O)CCN(C(C)=O)C1CCN(C(=O)OCC)CC1. The second-order valence-corrected chi connectivity index (χ2v) is 6.08. The van der Waals surface area contributed by atoms with E-state index in [-0.39, 0.29) is 23.9 Å². The zero-order chi connectivity index (χ0) is 17.9. The van der Waals surface area contributed by atoms with Crippen molar-refractivity contribution in [1.82, 2.24) is 15.1 Å². The number of unbranched alkanes of at least 4 members (excludes halogenated alkanes) is 1. The van der Waals surface area contributed by atoms with E-state index >= 15 is 0 Å². The molecule has 7 nitrogen and oxygen atoms in total. The summed E-state index contributed by atoms with van der Waals surface area (Å²) in [5.41, 5.74) is 0. The van der Waals surface area contributed by atoms with Gasteiger partial charge in [0.05, 0.1) is 6.61 Å². The molecule has 3 amide bonds. The van der Waals surface area contributed by atoms with Gasteiger partial charge in [-0.25, -0.2) is 4.79 Å². The maximum atomic E-state index is 11.9. The van der Waals surface area contributed by atoms with Crippen LogP contribution in [0.15, 0.2) is 0 Å². The third-order valence-corrected chi connectivity index (χ3v) is 4.27. The summed E-state index contributed by atoms with van der Waals surface area (Å²) >= 11 is 0. The van der Waals surface area contributed by atoms with Gasteiger partial charge in [0, 0.05) is 45.6 Å². The molecule has 1 saturated heterocycles. The van der Waals surface area contributed by atoms with Crippen LogP contribution in [0, 0.1) is 0 Å². The number of amides is 3. The molecule has 0 bridgehead atoms. The maximum absolute atomic E-state index is 11.9. The second kappa shape index (κ2) is 10.9. The predicted molar refractivity (Wildman–Crippen MR) is 91.5 cm³/mol. The van der Waals surface area contributed by atoms with E-state index < -0.39 is 0 Å². The molecule has 1 aliphatic heterocycles. The molecule has 24 heavy (non-hydrogen) atoms. The summed E-state index contributed by atoms with van der Waals surface area (Å²) in [5, 5.41) is 2.87. The number of carbonyl (C=O) groups is 3. The van der Waals surface area contributed by atoms with Crippen molar-refractivity contribution in [2.45, 2.75) is 58.9 Å². The molecule has 0 radical (unpaired) electrons. The van der Waals surface area contributed by atoms with Crippen molar-refractivity contribution in [2.24, 2.45) is 0 Å². The number of carbonyl (C=O) groups excluding carboxylic acids is 3. The van der Waals surface area contributed by atoms with Crippen LogP contribution in [0.3, 0.4) is 0 Å². The molecule has 0 saturated carbocycles. The van der Waals surface area contributed by atoms with Crippen LogP contribution >= 0.6 is 0 Å². The number of ether oxygens (including phenoxy) is 1. The molecule has 0 aromatic carbocycles. The molecule has 0 aliphatic carbocycles. The number of hydrogen-bond acceptors (Lipinski definition) is 4. The van der Waals surface area contributed by atoms with E-state index in [2.05, 4.69) is 12.2 Å². The molecule has 0 unspecified atom stereocenters. The lowest BCUT2D eigenvalue weighted by molar-refractivity contribution is -0.132. The normalized spacial score (nSPS) is 15.0. The minimum Gasteiger partial charge on any atom is -0.450 e. The fraction of sp³-hybridized carbons (Fsp3) is 0.824. The lowest BCUT2D eigenvalue weighted by atomic mass is 10.0. The number of nitrogens with one attached hydrogen (secondary N) is 1. The molecule has 1 N–H and O–H groups in total. The van der Waals surface area contributed by atoms with E-state index in [9.17, 15) is 14.4 Å². The average Bonchev–Trinajstić information content (AvgIpc) is 2.56. The molecule has 1 aliphatic rings. The summed E-state index contributed by atoms with van der Waals surface area (Å²) < 4.78 is 5.00. The Morgan fingerprint density at radius 1 is 1.21 bits per heavy atom. The molecule has 1 rings (SSSR count). The van der Waals surface area contributed by atoms with Gasteiger partial charge in [-0.2, -0.15) is 0 Å². The Kier molecular flexibility index (Phi) is 9.19. The van der Waals surface area contributed by atoms with Crippen LogP contribution in [0.5, 0.6) is 0 Å². The highest BCUT2D eigenvalue weighted by atomic mass is 16.6. The number of piperidine rings is 1. The predicted octanol–water partition coefficient (Wildman–Crippen LogP) is 1.76. The van der Waals surface area contributed by atoms with Gasteiger partial charge in [0.2, 0.25) is 11.8 Å². The molecule has 1 heterocycles. The summed E-state index contributed by atoms with van der Waals surface area (Å²) in [6, 6.07) is 0.0802. The Morgan fingerprint density at radius 2 is 1.88 bits per heavy atom. The van der Waals surface area contributed by atoms with Gasteiger partial charge in [-0.3, -0.25) is 9.59 Å². The Morgan fingerprint density at radius 3 is 2.42 bits per heavy atom. The van der Waals surface area contributed by atoms with Crippen LogP contribution in [0.25, 0.3) is 0 Å². The first-order valence-corrected chi connectivity index (χ1v) is 8.95. The van der Waals surface area contributed by atoms with Crippen molar-refractivity contribution < 1.29 is 19.1 Å². The van der Waals surface area contributed by atoms with Crippen LogP contribution in [-0.4, -0.2) is 66.5 Å². The van der Waals surface area contributed by atoms with E-state index in [4.69, 9.17) is 4.74 Å². The van der Waals surface area contributed by atoms with Gasteiger partial charge in [0.25, 0.3) is 0 Å². The van der Waals surface area contributed by atoms with E-state index in [1.807, 2.05) is 0 Å². The fourth-order valence-electron chi connectivity index (χ4n) is 2.89. The van der Waals surface area contributed by atoms with Crippen LogP contribution in [0.1, 0.15) is 52.9 Å². The summed E-state index contributed by atoms with van der Waals surface area (Å²) in [7, 11) is 0. The van der Waals surface area contributed by atoms with Crippen LogP contribution < -0.4 is 5.32 Å². The lowest BCUT2D eigenvalue weighted by Crippen LogP contribution is -2.49. The van der Waals surface area contributed by atoms with E-state index in [0.717, 1.165) is 25.7 Å². The van der Waals surface area contributed by atoms with Crippen molar-refractivity contribution >= 4 is 17.9 Å². The van der Waals surface area contributed by atoms with Crippen molar-refractivity contribution in [3.8, 4) is 0 Å². The van der Waals surface area contributed by atoms with Crippen LogP contribution in [0.2, 0.25) is 0 Å². The first-order valence-electron chi connectivity index (χ1n) is 8.95. The fourth-order valence-corrected chi connectivity index (χ4v) is 2.89. The van der Waals surface area contributed by atoms with Gasteiger partial charge in [0.1, 0.15) is 0 Å². The highest BCUT2D eigenvalue weighted by Crippen LogP contribution is 2.18. The largest absolute Gasteiger partial charge is 0.450 e. The number of rotatable bonds is 8. The van der Waals surface area contributed by atoms with Gasteiger partial charge in [0.15, 0.2) is 0 Å². The number of nitrogens with zero attached hydrogens (tertiary/aromatic N) is 2. The molecule has 0 spiro atoms. The van der Waals surface area contributed by atoms with Gasteiger partial charge < -0.3 is 19.9 Å². The van der Waals surface area contributed by atoms with Crippen LogP contribution in [0.4, 0.5) is 4.79 Å². The molecule has 7 heteroatoms. The Labute approximate surface area is 144 Å². The van der Waals surface area contributed by atoms with Gasteiger partial charge in [-0.1, -0.05) is 13.3 Å². The third kappa shape index (κ3) is 6.76. The third-order valence-electron chi connectivity index (χ3n) is 4.27. The topological polar surface area (TPSA) is 79.0 Å². The average molecular weight is 341 g/mol. The molecule has 0 aromatic rings. The molecular weight excluding hydrogens is 310 g/mol. The number of hydrogen-bond donors (Lipinski definition) is 1. The van der Waals surface area contributed by atoms with Crippen molar-refractivity contribution in [1.29, 1.82) is 0 Å². The van der Waals surface area contributed by atoms with Crippen LogP contribution in [-0.2, 0) is 14.3 Å². The Hall–Kier alpha value is -1.79. The maximum Gasteiger partial charge on any atom is 0.409 e. The van der Waals surface area contributed by atoms with Gasteiger partial charge in [-0.05, 0) is 26.2 Å². The monoisotopic (exact) mass is 341 g/mol. The minimum atomic E-state index is -0.291. The molecule has 0 atom stereocenters. The smallest absolute Gasteiger partial charge is 0.409 e. The number of likely N-dealkylation sites (tertiary alicyclic amines) is 1. The van der Waals surface area contributed by atoms with E-state index in [1.165, 1.54) is 6.92 Å². The van der Waals surface area contributed by atoms with Gasteiger partial charge in [-0.15, -0.1) is 0 Å². The first-order chi connectivity index (χ1) is 11.5. The first kappa shape index (κ1) is 20.3. The summed E-state index contributed by atoms with van der Waals surface area (Å²) in [6.07, 6.45) is 3.47. The Balaban J connectivity index is 2.42. The Bertz CT molecular complexity index is 420. The molecule has 0 aromatic heterocycles. The van der Waals surface area contributed by atoms with Crippen molar-refractivity contribution in [2.75, 3.05) is 32.8 Å². The second-order valence-electron chi connectivity index (χ2n) is 6.08. The highest BCUT2D eigenvalue weighted by molar-refractivity contribution is 5.78. The zero-order valence-corrected chi connectivity index (χ0v) is 15.2. The molecular formula is C17H31N3O4. The van der Waals surface area contributed by atoms with Crippen molar-refractivity contribution in [3.63, 3.8) is 0 Å². The van der Waals surface area contributed by atoms with Crippen molar-refractivity contribution in [3.05, 3.63) is 0 Å². The lowest BCUT2D eigenvalue weighted by Gasteiger charge is -2.37. The minimum absolute atomic E-state index is 0.0151. The van der Waals surface area contributed by atoms with E-state index in [0.29, 0.717) is 39.2 Å². The highest BCUT2D eigenvalue weighted by Gasteiger charge is 2.28.